The Balaban J connectivity index is 0.00000341. The minimum atomic E-state index is 0. The van der Waals surface area contributed by atoms with E-state index in [0.717, 1.165) is 95.8 Å². The molecule has 2 saturated heterocycles. The van der Waals surface area contributed by atoms with E-state index in [9.17, 15) is 0 Å². The van der Waals surface area contributed by atoms with Crippen LogP contribution in [0.25, 0.3) is 0 Å². The van der Waals surface area contributed by atoms with Crippen LogP contribution in [0.5, 0.6) is 0 Å². The molecular weight excluding hydrogens is 525 g/mol. The number of nitrogens with zero attached hydrogens (tertiary/aromatic N) is 4. The molecule has 1 N–H and O–H groups in total. The fraction of sp³-hybridized carbons (Fsp3) is 0.696. The molecule has 0 saturated carbocycles. The number of rotatable bonds is 8. The highest BCUT2D eigenvalue weighted by Crippen LogP contribution is 2.20. The van der Waals surface area contributed by atoms with Crippen LogP contribution in [0.4, 0.5) is 5.69 Å². The molecule has 1 aromatic carbocycles. The van der Waals surface area contributed by atoms with Gasteiger partial charge >= 0.3 is 0 Å². The lowest BCUT2D eigenvalue weighted by molar-refractivity contribution is 0.0264. The van der Waals surface area contributed by atoms with Crippen LogP contribution in [-0.4, -0.2) is 87.4 Å². The standard InChI is InChI=1S/C23H38ClN5O.HI/c1-3-25-23(29-13-9-22(10-14-29)30-4-2)26-11-6-12-27-15-17-28(18-16-27)21-8-5-7-20(24)19-21;/h5,7-8,19,22H,3-4,6,9-18H2,1-2H3,(H,25,26);1H. The lowest BCUT2D eigenvalue weighted by Gasteiger charge is -2.36. The van der Waals surface area contributed by atoms with Crippen LogP contribution in [0.2, 0.25) is 5.02 Å². The van der Waals surface area contributed by atoms with Crippen LogP contribution < -0.4 is 10.2 Å². The van der Waals surface area contributed by atoms with E-state index in [1.807, 2.05) is 12.1 Å². The predicted octanol–water partition coefficient (Wildman–Crippen LogP) is 3.94. The van der Waals surface area contributed by atoms with Gasteiger partial charge in [0.15, 0.2) is 5.96 Å². The van der Waals surface area contributed by atoms with E-state index in [4.69, 9.17) is 21.3 Å². The highest BCUT2D eigenvalue weighted by Gasteiger charge is 2.21. The summed E-state index contributed by atoms with van der Waals surface area (Å²) in [5.41, 5.74) is 1.23. The Labute approximate surface area is 210 Å². The molecule has 1 aromatic rings. The van der Waals surface area contributed by atoms with Gasteiger partial charge in [-0.05, 0) is 51.3 Å². The van der Waals surface area contributed by atoms with E-state index in [-0.39, 0.29) is 24.0 Å². The predicted molar refractivity (Wildman–Crippen MR) is 142 cm³/mol. The van der Waals surface area contributed by atoms with Gasteiger partial charge in [0.1, 0.15) is 0 Å². The lowest BCUT2D eigenvalue weighted by Crippen LogP contribution is -2.47. The number of likely N-dealkylation sites (tertiary alicyclic amines) is 1. The SMILES string of the molecule is CCNC(=NCCCN1CCN(c2cccc(Cl)c2)CC1)N1CCC(OCC)CC1.I. The first-order valence-electron chi connectivity index (χ1n) is 11.6. The molecule has 0 aromatic heterocycles. The van der Waals surface area contributed by atoms with Gasteiger partial charge in [-0.15, -0.1) is 24.0 Å². The van der Waals surface area contributed by atoms with E-state index in [1.165, 1.54) is 5.69 Å². The van der Waals surface area contributed by atoms with Gasteiger partial charge < -0.3 is 19.9 Å². The van der Waals surface area contributed by atoms with Crippen molar-refractivity contribution >= 4 is 47.2 Å². The molecule has 2 aliphatic rings. The molecule has 176 valence electrons. The second-order valence-electron chi connectivity index (χ2n) is 8.04. The molecule has 2 heterocycles. The summed E-state index contributed by atoms with van der Waals surface area (Å²) in [6, 6.07) is 8.18. The molecule has 8 heteroatoms. The highest BCUT2D eigenvalue weighted by molar-refractivity contribution is 14.0. The van der Waals surface area contributed by atoms with Crippen molar-refractivity contribution in [2.45, 2.75) is 39.2 Å². The van der Waals surface area contributed by atoms with Crippen molar-refractivity contribution in [1.29, 1.82) is 0 Å². The van der Waals surface area contributed by atoms with Crippen LogP contribution in [0.15, 0.2) is 29.3 Å². The zero-order valence-electron chi connectivity index (χ0n) is 19.1. The summed E-state index contributed by atoms with van der Waals surface area (Å²) in [5, 5.41) is 4.28. The molecule has 2 aliphatic heterocycles. The van der Waals surface area contributed by atoms with Gasteiger partial charge in [0.25, 0.3) is 0 Å². The van der Waals surface area contributed by atoms with Gasteiger partial charge in [-0.25, -0.2) is 0 Å². The first kappa shape index (κ1) is 26.5. The summed E-state index contributed by atoms with van der Waals surface area (Å²) >= 11 is 6.14. The number of hydrogen-bond donors (Lipinski definition) is 1. The van der Waals surface area contributed by atoms with Crippen molar-refractivity contribution in [1.82, 2.24) is 15.1 Å². The number of aliphatic imine (C=N–C) groups is 1. The quantitative estimate of drug-likeness (QED) is 0.225. The summed E-state index contributed by atoms with van der Waals surface area (Å²) in [4.78, 5) is 12.3. The molecule has 0 spiro atoms. The van der Waals surface area contributed by atoms with Crippen molar-refractivity contribution < 1.29 is 4.74 Å². The molecule has 0 atom stereocenters. The first-order valence-corrected chi connectivity index (χ1v) is 11.9. The maximum Gasteiger partial charge on any atom is 0.193 e. The number of anilines is 1. The van der Waals surface area contributed by atoms with Gasteiger partial charge in [-0.1, -0.05) is 17.7 Å². The maximum absolute atomic E-state index is 6.14. The largest absolute Gasteiger partial charge is 0.378 e. The lowest BCUT2D eigenvalue weighted by atomic mass is 10.1. The third-order valence-corrected chi connectivity index (χ3v) is 6.15. The van der Waals surface area contributed by atoms with Crippen molar-refractivity contribution in [3.8, 4) is 0 Å². The van der Waals surface area contributed by atoms with Gasteiger partial charge in [0, 0.05) is 76.2 Å². The number of ether oxygens (including phenoxy) is 1. The van der Waals surface area contributed by atoms with Crippen LogP contribution in [0.3, 0.4) is 0 Å². The maximum atomic E-state index is 6.14. The topological polar surface area (TPSA) is 43.3 Å². The number of nitrogens with one attached hydrogen (secondary N) is 1. The summed E-state index contributed by atoms with van der Waals surface area (Å²) in [6.45, 7) is 14.3. The fourth-order valence-corrected chi connectivity index (χ4v) is 4.46. The van der Waals surface area contributed by atoms with Crippen molar-refractivity contribution in [3.05, 3.63) is 29.3 Å². The number of halogens is 2. The van der Waals surface area contributed by atoms with Crippen LogP contribution in [0, 0.1) is 0 Å². The molecule has 6 nitrogen and oxygen atoms in total. The molecule has 3 rings (SSSR count). The molecule has 0 aliphatic carbocycles. The molecule has 0 radical (unpaired) electrons. The number of hydrogen-bond acceptors (Lipinski definition) is 4. The molecular formula is C23H39ClIN5O. The van der Waals surface area contributed by atoms with E-state index < -0.39 is 0 Å². The molecule has 2 fully saturated rings. The number of guanidine groups is 1. The van der Waals surface area contributed by atoms with Crippen molar-refractivity contribution in [2.24, 2.45) is 4.99 Å². The minimum absolute atomic E-state index is 0. The summed E-state index contributed by atoms with van der Waals surface area (Å²) < 4.78 is 5.78. The van der Waals surface area contributed by atoms with Gasteiger partial charge in [-0.3, -0.25) is 9.89 Å². The molecule has 31 heavy (non-hydrogen) atoms. The molecule has 0 unspecified atom stereocenters. The average molecular weight is 564 g/mol. The fourth-order valence-electron chi connectivity index (χ4n) is 4.28. The Kier molecular flexibility index (Phi) is 12.3. The van der Waals surface area contributed by atoms with Gasteiger partial charge in [-0.2, -0.15) is 0 Å². The van der Waals surface area contributed by atoms with Crippen LogP contribution in [0.1, 0.15) is 33.1 Å². The summed E-state index contributed by atoms with van der Waals surface area (Å²) in [5.74, 6) is 1.07. The minimum Gasteiger partial charge on any atom is -0.378 e. The van der Waals surface area contributed by atoms with E-state index in [0.29, 0.717) is 6.10 Å². The third-order valence-electron chi connectivity index (χ3n) is 5.92. The Bertz CT molecular complexity index is 661. The Hall–Kier alpha value is -0.770. The number of piperidine rings is 1. The Morgan fingerprint density at radius 3 is 2.52 bits per heavy atom. The smallest absolute Gasteiger partial charge is 0.193 e. The van der Waals surface area contributed by atoms with Gasteiger partial charge in [0.2, 0.25) is 0 Å². The number of benzene rings is 1. The van der Waals surface area contributed by atoms with E-state index in [1.54, 1.807) is 0 Å². The zero-order valence-corrected chi connectivity index (χ0v) is 22.1. The Morgan fingerprint density at radius 1 is 1.13 bits per heavy atom. The van der Waals surface area contributed by atoms with Crippen molar-refractivity contribution in [2.75, 3.05) is 70.4 Å². The number of piperazine rings is 1. The molecule has 0 bridgehead atoms. The average Bonchev–Trinajstić information content (AvgIpc) is 2.77. The van der Waals surface area contributed by atoms with Gasteiger partial charge in [0.05, 0.1) is 6.10 Å². The van der Waals surface area contributed by atoms with Crippen molar-refractivity contribution in [3.63, 3.8) is 0 Å². The van der Waals surface area contributed by atoms with Crippen LogP contribution >= 0.6 is 35.6 Å². The monoisotopic (exact) mass is 563 g/mol. The Morgan fingerprint density at radius 2 is 1.87 bits per heavy atom. The second kappa shape index (κ2) is 14.4. The van der Waals surface area contributed by atoms with E-state index in [2.05, 4.69) is 46.0 Å². The summed E-state index contributed by atoms with van der Waals surface area (Å²) in [7, 11) is 0. The second-order valence-corrected chi connectivity index (χ2v) is 8.48. The normalized spacial score (nSPS) is 18.7. The molecule has 0 amide bonds. The zero-order chi connectivity index (χ0) is 21.2. The summed E-state index contributed by atoms with van der Waals surface area (Å²) in [6.07, 6.45) is 3.70. The highest BCUT2D eigenvalue weighted by atomic mass is 127. The van der Waals surface area contributed by atoms with E-state index >= 15 is 0 Å². The van der Waals surface area contributed by atoms with Crippen LogP contribution in [-0.2, 0) is 4.74 Å². The third kappa shape index (κ3) is 8.59. The first-order chi connectivity index (χ1) is 14.7.